The molecule has 0 saturated heterocycles. The lowest BCUT2D eigenvalue weighted by atomic mass is 10.0. The fourth-order valence-corrected chi connectivity index (χ4v) is 3.28. The number of hydrogen-bond acceptors (Lipinski definition) is 2. The molecule has 3 nitrogen and oxygen atoms in total. The maximum Gasteiger partial charge on any atom is 0.220 e. The number of aliphatic hydroxyl groups is 1. The summed E-state index contributed by atoms with van der Waals surface area (Å²) in [4.78, 5) is 11.8. The van der Waals surface area contributed by atoms with Crippen molar-refractivity contribution < 1.29 is 9.90 Å². The van der Waals surface area contributed by atoms with Crippen molar-refractivity contribution in [3.63, 3.8) is 0 Å². The van der Waals surface area contributed by atoms with Crippen molar-refractivity contribution >= 4 is 5.91 Å². The van der Waals surface area contributed by atoms with Gasteiger partial charge in [0, 0.05) is 6.42 Å². The highest BCUT2D eigenvalue weighted by atomic mass is 16.3. The normalized spacial score (nSPS) is 13.8. The average Bonchev–Trinajstić information content (AvgIpc) is 2.65. The zero-order chi connectivity index (χ0) is 20.2. The number of aliphatic hydroxyl groups excluding tert-OH is 1. The van der Waals surface area contributed by atoms with Crippen molar-refractivity contribution in [3.8, 4) is 0 Å². The van der Waals surface area contributed by atoms with Crippen LogP contribution in [-0.2, 0) is 4.79 Å². The Hall–Kier alpha value is -0.830. The molecule has 0 aliphatic heterocycles. The molecule has 0 bridgehead atoms. The molecule has 0 aromatic carbocycles. The van der Waals surface area contributed by atoms with Gasteiger partial charge < -0.3 is 10.4 Å². The van der Waals surface area contributed by atoms with Gasteiger partial charge in [-0.15, -0.1) is 0 Å². The van der Waals surface area contributed by atoms with E-state index < -0.39 is 6.10 Å². The van der Waals surface area contributed by atoms with Crippen LogP contribution in [0.25, 0.3) is 0 Å². The predicted molar refractivity (Wildman–Crippen MR) is 118 cm³/mol. The Bertz CT molecular complexity index is 354. The molecular formula is C24H47NO2. The first-order chi connectivity index (χ1) is 13.1. The molecule has 160 valence electrons. The van der Waals surface area contributed by atoms with E-state index in [2.05, 4.69) is 25.2 Å². The maximum absolute atomic E-state index is 11.8. The number of amides is 1. The lowest BCUT2D eigenvalue weighted by Gasteiger charge is -2.17. The fraction of sp³-hybridized carbons (Fsp3) is 0.875. The Morgan fingerprint density at radius 1 is 0.815 bits per heavy atom. The minimum Gasteiger partial charge on any atom is -0.387 e. The molecule has 2 atom stereocenters. The summed E-state index contributed by atoms with van der Waals surface area (Å²) in [6.07, 6.45) is 22.9. The number of allylic oxidation sites excluding steroid dienone is 1. The van der Waals surface area contributed by atoms with Crippen LogP contribution < -0.4 is 5.32 Å². The first kappa shape index (κ1) is 26.2. The average molecular weight is 382 g/mol. The van der Waals surface area contributed by atoms with E-state index in [0.717, 1.165) is 25.7 Å². The van der Waals surface area contributed by atoms with Gasteiger partial charge in [-0.05, 0) is 26.2 Å². The van der Waals surface area contributed by atoms with Gasteiger partial charge in [-0.2, -0.15) is 0 Å². The van der Waals surface area contributed by atoms with Crippen LogP contribution in [0.2, 0.25) is 0 Å². The van der Waals surface area contributed by atoms with E-state index in [0.29, 0.717) is 6.42 Å². The summed E-state index contributed by atoms with van der Waals surface area (Å²) >= 11 is 0. The third-order valence-corrected chi connectivity index (χ3v) is 5.22. The van der Waals surface area contributed by atoms with Gasteiger partial charge >= 0.3 is 0 Å². The van der Waals surface area contributed by atoms with Crippen LogP contribution >= 0.6 is 0 Å². The highest BCUT2D eigenvalue weighted by molar-refractivity contribution is 5.76. The van der Waals surface area contributed by atoms with Crippen LogP contribution in [-0.4, -0.2) is 23.2 Å². The fourth-order valence-electron chi connectivity index (χ4n) is 3.28. The molecule has 0 aromatic heterocycles. The van der Waals surface area contributed by atoms with Crippen molar-refractivity contribution in [3.05, 3.63) is 12.2 Å². The Labute approximate surface area is 169 Å². The summed E-state index contributed by atoms with van der Waals surface area (Å²) in [6.45, 7) is 6.27. The highest BCUT2D eigenvalue weighted by Gasteiger charge is 2.13. The minimum absolute atomic E-state index is 0.0498. The summed E-state index contributed by atoms with van der Waals surface area (Å²) in [7, 11) is 0. The van der Waals surface area contributed by atoms with Crippen LogP contribution in [0, 0.1) is 0 Å². The Kier molecular flexibility index (Phi) is 19.3. The Balaban J connectivity index is 3.52. The molecule has 1 amide bonds. The number of carbonyl (C=O) groups is 1. The molecule has 0 saturated carbocycles. The molecule has 0 fully saturated rings. The second kappa shape index (κ2) is 19.9. The largest absolute Gasteiger partial charge is 0.387 e. The summed E-state index contributed by atoms with van der Waals surface area (Å²) in [5.74, 6) is 0.0498. The number of nitrogens with one attached hydrogen (secondary N) is 1. The van der Waals surface area contributed by atoms with Gasteiger partial charge in [0.25, 0.3) is 0 Å². The second-order valence-corrected chi connectivity index (χ2v) is 8.06. The van der Waals surface area contributed by atoms with Gasteiger partial charge in [-0.3, -0.25) is 4.79 Å². The lowest BCUT2D eigenvalue weighted by molar-refractivity contribution is -0.122. The molecule has 0 aliphatic rings. The van der Waals surface area contributed by atoms with Crippen molar-refractivity contribution in [2.45, 2.75) is 136 Å². The number of carbonyl (C=O) groups excluding carboxylic acids is 1. The van der Waals surface area contributed by atoms with Crippen LogP contribution in [0.15, 0.2) is 12.2 Å². The minimum atomic E-state index is -0.590. The number of rotatable bonds is 19. The maximum atomic E-state index is 11.8. The topological polar surface area (TPSA) is 49.3 Å². The van der Waals surface area contributed by atoms with Crippen molar-refractivity contribution in [1.29, 1.82) is 0 Å². The predicted octanol–water partition coefficient (Wildman–Crippen LogP) is 6.69. The first-order valence-corrected chi connectivity index (χ1v) is 11.8. The molecule has 0 heterocycles. The van der Waals surface area contributed by atoms with E-state index >= 15 is 0 Å². The first-order valence-electron chi connectivity index (χ1n) is 11.8. The van der Waals surface area contributed by atoms with Gasteiger partial charge in [-0.25, -0.2) is 0 Å². The molecule has 2 N–H and O–H groups in total. The monoisotopic (exact) mass is 381 g/mol. The van der Waals surface area contributed by atoms with E-state index in [1.54, 1.807) is 0 Å². The molecule has 0 spiro atoms. The van der Waals surface area contributed by atoms with Gasteiger partial charge in [0.15, 0.2) is 0 Å². The standard InChI is InChI=1S/C24H47NO2/c1-4-6-8-9-10-11-12-13-14-15-16-17-19-20-23(26)22(3)25-24(27)21-18-7-5-2/h19-20,22-23,26H,4-18,21H2,1-3H3,(H,25,27)/b20-19+/t22-,23+/m0/s1. The molecule has 27 heavy (non-hydrogen) atoms. The number of hydrogen-bond donors (Lipinski definition) is 2. The van der Waals surface area contributed by atoms with E-state index in [9.17, 15) is 9.90 Å². The molecule has 0 aliphatic carbocycles. The van der Waals surface area contributed by atoms with E-state index in [-0.39, 0.29) is 11.9 Å². The van der Waals surface area contributed by atoms with E-state index in [4.69, 9.17) is 0 Å². The van der Waals surface area contributed by atoms with Gasteiger partial charge in [-0.1, -0.05) is 103 Å². The highest BCUT2D eigenvalue weighted by Crippen LogP contribution is 2.12. The van der Waals surface area contributed by atoms with Crippen LogP contribution in [0.1, 0.15) is 124 Å². The Morgan fingerprint density at radius 2 is 1.30 bits per heavy atom. The summed E-state index contributed by atoms with van der Waals surface area (Å²) < 4.78 is 0. The van der Waals surface area contributed by atoms with Crippen LogP contribution in [0.3, 0.4) is 0 Å². The third kappa shape index (κ3) is 18.3. The third-order valence-electron chi connectivity index (χ3n) is 5.22. The quantitative estimate of drug-likeness (QED) is 0.193. The Morgan fingerprint density at radius 3 is 1.85 bits per heavy atom. The van der Waals surface area contributed by atoms with E-state index in [1.165, 1.54) is 70.6 Å². The SMILES string of the molecule is CCCCCCCCCCCCC/C=C/[C@@H](O)[C@H](C)NC(=O)CCCCC. The van der Waals surface area contributed by atoms with Crippen molar-refractivity contribution in [2.75, 3.05) is 0 Å². The van der Waals surface area contributed by atoms with Gasteiger partial charge in [0.1, 0.15) is 0 Å². The van der Waals surface area contributed by atoms with Gasteiger partial charge in [0.2, 0.25) is 5.91 Å². The van der Waals surface area contributed by atoms with Crippen LogP contribution in [0.4, 0.5) is 0 Å². The zero-order valence-electron chi connectivity index (χ0n) is 18.5. The van der Waals surface area contributed by atoms with Crippen molar-refractivity contribution in [2.24, 2.45) is 0 Å². The number of unbranched alkanes of at least 4 members (excludes halogenated alkanes) is 13. The lowest BCUT2D eigenvalue weighted by Crippen LogP contribution is -2.40. The van der Waals surface area contributed by atoms with Crippen molar-refractivity contribution in [1.82, 2.24) is 5.32 Å². The second-order valence-electron chi connectivity index (χ2n) is 8.06. The van der Waals surface area contributed by atoms with Crippen LogP contribution in [0.5, 0.6) is 0 Å². The van der Waals surface area contributed by atoms with Gasteiger partial charge in [0.05, 0.1) is 12.1 Å². The molecule has 0 aromatic rings. The molecule has 0 radical (unpaired) electrons. The molecule has 3 heteroatoms. The van der Waals surface area contributed by atoms with E-state index in [1.807, 2.05) is 13.0 Å². The molecule has 0 unspecified atom stereocenters. The summed E-state index contributed by atoms with van der Waals surface area (Å²) in [5.41, 5.74) is 0. The molecule has 0 rings (SSSR count). The molecular weight excluding hydrogens is 334 g/mol. The smallest absolute Gasteiger partial charge is 0.220 e. The zero-order valence-corrected chi connectivity index (χ0v) is 18.5. The summed E-state index contributed by atoms with van der Waals surface area (Å²) in [6, 6.07) is -0.215. The summed E-state index contributed by atoms with van der Waals surface area (Å²) in [5, 5.41) is 13.0.